The van der Waals surface area contributed by atoms with E-state index in [0.717, 1.165) is 24.3 Å². The molecule has 0 saturated carbocycles. The van der Waals surface area contributed by atoms with Crippen LogP contribution in [0.4, 0.5) is 0 Å². The lowest BCUT2D eigenvalue weighted by molar-refractivity contribution is 0.346. The van der Waals surface area contributed by atoms with Gasteiger partial charge >= 0.3 is 0 Å². The summed E-state index contributed by atoms with van der Waals surface area (Å²) in [7, 11) is 3.39. The minimum Gasteiger partial charge on any atom is -0.493 e. The molecule has 0 fully saturated rings. The highest BCUT2D eigenvalue weighted by molar-refractivity contribution is 5.54. The molecule has 2 aromatic rings. The second-order valence-corrected chi connectivity index (χ2v) is 5.85. The summed E-state index contributed by atoms with van der Waals surface area (Å²) >= 11 is 0. The Morgan fingerprint density at radius 1 is 1.05 bits per heavy atom. The van der Waals surface area contributed by atoms with Gasteiger partial charge in [-0.05, 0) is 48.4 Å². The predicted octanol–water partition coefficient (Wildman–Crippen LogP) is 3.48. The number of hydrogen-bond donors (Lipinski definition) is 1. The lowest BCUT2D eigenvalue weighted by Crippen LogP contribution is -2.23. The summed E-state index contributed by atoms with van der Waals surface area (Å²) in [5, 5.41) is 0. The van der Waals surface area contributed by atoms with Crippen LogP contribution >= 0.6 is 0 Å². The van der Waals surface area contributed by atoms with Crippen LogP contribution in [0.3, 0.4) is 0 Å². The second kappa shape index (κ2) is 6.41. The molecule has 0 aliphatic heterocycles. The summed E-state index contributed by atoms with van der Waals surface area (Å²) in [6, 6.07) is 14.8. The standard InChI is InChI=1S/C19H23NO2/c1-21-18-9-8-16-15(12-20)10-14(11-17(16)19(18)22-2)13-6-4-3-5-7-13/h3-9,14-15H,10-12,20H2,1-2H3. The maximum atomic E-state index is 6.05. The van der Waals surface area contributed by atoms with Gasteiger partial charge in [-0.3, -0.25) is 0 Å². The van der Waals surface area contributed by atoms with Crippen molar-refractivity contribution >= 4 is 0 Å². The van der Waals surface area contributed by atoms with Crippen molar-refractivity contribution in [2.45, 2.75) is 24.7 Å². The van der Waals surface area contributed by atoms with E-state index in [4.69, 9.17) is 15.2 Å². The molecule has 2 atom stereocenters. The van der Waals surface area contributed by atoms with Crippen molar-refractivity contribution in [2.75, 3.05) is 20.8 Å². The molecule has 2 N–H and O–H groups in total. The van der Waals surface area contributed by atoms with E-state index >= 15 is 0 Å². The van der Waals surface area contributed by atoms with E-state index < -0.39 is 0 Å². The largest absolute Gasteiger partial charge is 0.493 e. The van der Waals surface area contributed by atoms with Gasteiger partial charge in [0.25, 0.3) is 0 Å². The molecule has 1 aliphatic rings. The molecule has 0 radical (unpaired) electrons. The zero-order chi connectivity index (χ0) is 15.5. The normalized spacial score (nSPS) is 20.3. The van der Waals surface area contributed by atoms with Crippen LogP contribution in [0, 0.1) is 0 Å². The van der Waals surface area contributed by atoms with E-state index in [0.29, 0.717) is 18.4 Å². The highest BCUT2D eigenvalue weighted by atomic mass is 16.5. The van der Waals surface area contributed by atoms with Crippen molar-refractivity contribution in [3.8, 4) is 11.5 Å². The monoisotopic (exact) mass is 297 g/mol. The van der Waals surface area contributed by atoms with Crippen molar-refractivity contribution in [1.29, 1.82) is 0 Å². The lowest BCUT2D eigenvalue weighted by Gasteiger charge is -2.32. The van der Waals surface area contributed by atoms with E-state index in [1.165, 1.54) is 16.7 Å². The maximum absolute atomic E-state index is 6.05. The second-order valence-electron chi connectivity index (χ2n) is 5.85. The van der Waals surface area contributed by atoms with Gasteiger partial charge in [0.15, 0.2) is 11.5 Å². The van der Waals surface area contributed by atoms with E-state index in [2.05, 4.69) is 36.4 Å². The SMILES string of the molecule is COc1ccc2c(c1OC)CC(c1ccccc1)CC2CN. The van der Waals surface area contributed by atoms with Gasteiger partial charge in [-0.2, -0.15) is 0 Å². The van der Waals surface area contributed by atoms with Crippen LogP contribution in [0.15, 0.2) is 42.5 Å². The van der Waals surface area contributed by atoms with Crippen LogP contribution in [0.1, 0.15) is 34.9 Å². The highest BCUT2D eigenvalue weighted by Gasteiger charge is 2.30. The summed E-state index contributed by atoms with van der Waals surface area (Å²) in [5.74, 6) is 2.50. The fourth-order valence-corrected chi connectivity index (χ4v) is 3.60. The molecule has 2 unspecified atom stereocenters. The number of fused-ring (bicyclic) bond motifs is 1. The zero-order valence-electron chi connectivity index (χ0n) is 13.2. The minimum absolute atomic E-state index is 0.369. The van der Waals surface area contributed by atoms with Crippen molar-refractivity contribution in [3.63, 3.8) is 0 Å². The number of hydrogen-bond acceptors (Lipinski definition) is 3. The number of ether oxygens (including phenoxy) is 2. The van der Waals surface area contributed by atoms with Crippen LogP contribution in [-0.2, 0) is 6.42 Å². The molecule has 0 amide bonds. The van der Waals surface area contributed by atoms with Gasteiger partial charge in [-0.15, -0.1) is 0 Å². The van der Waals surface area contributed by atoms with Crippen LogP contribution < -0.4 is 15.2 Å². The van der Waals surface area contributed by atoms with Crippen molar-refractivity contribution in [2.24, 2.45) is 5.73 Å². The fourth-order valence-electron chi connectivity index (χ4n) is 3.60. The number of benzene rings is 2. The van der Waals surface area contributed by atoms with Crippen molar-refractivity contribution in [1.82, 2.24) is 0 Å². The third kappa shape index (κ3) is 2.57. The maximum Gasteiger partial charge on any atom is 0.164 e. The van der Waals surface area contributed by atoms with Crippen LogP contribution in [0.5, 0.6) is 11.5 Å². The van der Waals surface area contributed by atoms with E-state index in [-0.39, 0.29) is 0 Å². The first-order valence-corrected chi connectivity index (χ1v) is 7.77. The van der Waals surface area contributed by atoms with Gasteiger partial charge in [0.1, 0.15) is 0 Å². The Morgan fingerprint density at radius 3 is 2.45 bits per heavy atom. The number of methoxy groups -OCH3 is 2. The summed E-state index contributed by atoms with van der Waals surface area (Å²) in [5.41, 5.74) is 9.98. The van der Waals surface area contributed by atoms with Gasteiger partial charge in [0.2, 0.25) is 0 Å². The Labute approximate surface area is 132 Å². The van der Waals surface area contributed by atoms with Gasteiger partial charge in [-0.25, -0.2) is 0 Å². The lowest BCUT2D eigenvalue weighted by atomic mass is 9.74. The summed E-state index contributed by atoms with van der Waals surface area (Å²) in [4.78, 5) is 0. The summed E-state index contributed by atoms with van der Waals surface area (Å²) in [6.07, 6.45) is 2.05. The average Bonchev–Trinajstić information content (AvgIpc) is 2.60. The molecule has 0 aromatic heterocycles. The molecule has 3 heteroatoms. The Bertz CT molecular complexity index is 639. The molecule has 0 saturated heterocycles. The predicted molar refractivity (Wildman–Crippen MR) is 88.8 cm³/mol. The number of rotatable bonds is 4. The van der Waals surface area contributed by atoms with E-state index in [1.54, 1.807) is 14.2 Å². The Balaban J connectivity index is 2.06. The molecule has 2 aromatic carbocycles. The van der Waals surface area contributed by atoms with E-state index in [1.807, 2.05) is 6.07 Å². The fraction of sp³-hybridized carbons (Fsp3) is 0.368. The molecular formula is C19H23NO2. The third-order valence-corrected chi connectivity index (χ3v) is 4.70. The highest BCUT2D eigenvalue weighted by Crippen LogP contribution is 2.45. The van der Waals surface area contributed by atoms with Crippen LogP contribution in [0.25, 0.3) is 0 Å². The summed E-state index contributed by atoms with van der Waals surface area (Å²) < 4.78 is 11.1. The third-order valence-electron chi connectivity index (χ3n) is 4.70. The molecule has 3 nitrogen and oxygen atoms in total. The van der Waals surface area contributed by atoms with Crippen LogP contribution in [-0.4, -0.2) is 20.8 Å². The molecule has 22 heavy (non-hydrogen) atoms. The topological polar surface area (TPSA) is 44.5 Å². The first kappa shape index (κ1) is 14.9. The Kier molecular flexibility index (Phi) is 4.34. The molecule has 1 aliphatic carbocycles. The Hall–Kier alpha value is -2.00. The molecule has 116 valence electrons. The van der Waals surface area contributed by atoms with E-state index in [9.17, 15) is 0 Å². The van der Waals surface area contributed by atoms with Gasteiger partial charge in [-0.1, -0.05) is 36.4 Å². The molecular weight excluding hydrogens is 274 g/mol. The number of nitrogens with two attached hydrogens (primary N) is 1. The average molecular weight is 297 g/mol. The first-order valence-electron chi connectivity index (χ1n) is 7.77. The summed E-state index contributed by atoms with van der Waals surface area (Å²) in [6.45, 7) is 0.659. The molecule has 3 rings (SSSR count). The van der Waals surface area contributed by atoms with Gasteiger partial charge in [0.05, 0.1) is 14.2 Å². The zero-order valence-corrected chi connectivity index (χ0v) is 13.2. The molecule has 0 heterocycles. The molecule has 0 spiro atoms. The smallest absolute Gasteiger partial charge is 0.164 e. The Morgan fingerprint density at radius 2 is 1.82 bits per heavy atom. The van der Waals surface area contributed by atoms with Gasteiger partial charge in [0, 0.05) is 5.56 Å². The van der Waals surface area contributed by atoms with Crippen molar-refractivity contribution < 1.29 is 9.47 Å². The van der Waals surface area contributed by atoms with Gasteiger partial charge < -0.3 is 15.2 Å². The van der Waals surface area contributed by atoms with Crippen molar-refractivity contribution in [3.05, 3.63) is 59.2 Å². The molecule has 0 bridgehead atoms. The first-order chi connectivity index (χ1) is 10.8. The minimum atomic E-state index is 0.369. The quantitative estimate of drug-likeness (QED) is 0.939. The van der Waals surface area contributed by atoms with Crippen LogP contribution in [0.2, 0.25) is 0 Å².